The van der Waals surface area contributed by atoms with E-state index < -0.39 is 0 Å². The quantitative estimate of drug-likeness (QED) is 0.799. The van der Waals surface area contributed by atoms with E-state index in [2.05, 4.69) is 77.2 Å². The summed E-state index contributed by atoms with van der Waals surface area (Å²) in [5.74, 6) is 0.932. The molecule has 0 spiro atoms. The Morgan fingerprint density at radius 1 is 0.870 bits per heavy atom. The molecule has 0 radical (unpaired) electrons. The standard InChI is InChI=1S/C19H18N4/c1-2-22-19(16-10-4-3-5-11-16)20-21-23(22)18-14-8-12-15-9-6-7-13-17(15)18/h3-14,21H,2H2,1H3. The Balaban J connectivity index is 1.76. The third kappa shape index (κ3) is 2.28. The van der Waals surface area contributed by atoms with Crippen molar-refractivity contribution in [1.82, 2.24) is 10.5 Å². The highest BCUT2D eigenvalue weighted by Gasteiger charge is 2.26. The van der Waals surface area contributed by atoms with Crippen LogP contribution in [0.1, 0.15) is 12.5 Å². The highest BCUT2D eigenvalue weighted by molar-refractivity contribution is 6.02. The van der Waals surface area contributed by atoms with Gasteiger partial charge >= 0.3 is 0 Å². The number of hydrazine groups is 2. The van der Waals surface area contributed by atoms with Crippen molar-refractivity contribution >= 4 is 22.3 Å². The van der Waals surface area contributed by atoms with Gasteiger partial charge in [-0.1, -0.05) is 66.7 Å². The van der Waals surface area contributed by atoms with Crippen LogP contribution in [0.25, 0.3) is 10.8 Å². The number of rotatable bonds is 3. The molecule has 0 fully saturated rings. The Labute approximate surface area is 135 Å². The van der Waals surface area contributed by atoms with Gasteiger partial charge in [-0.15, -0.1) is 5.10 Å². The fraction of sp³-hybridized carbons (Fsp3) is 0.105. The molecule has 1 aliphatic rings. The first kappa shape index (κ1) is 13.6. The van der Waals surface area contributed by atoms with Gasteiger partial charge in [0.1, 0.15) is 0 Å². The minimum Gasteiger partial charge on any atom is -0.246 e. The van der Waals surface area contributed by atoms with E-state index >= 15 is 0 Å². The van der Waals surface area contributed by atoms with Crippen LogP contribution in [-0.2, 0) is 0 Å². The van der Waals surface area contributed by atoms with Gasteiger partial charge in [-0.3, -0.25) is 0 Å². The molecule has 0 saturated carbocycles. The Bertz CT molecular complexity index is 852. The number of nitrogens with zero attached hydrogens (tertiary/aromatic N) is 3. The molecule has 4 rings (SSSR count). The lowest BCUT2D eigenvalue weighted by Crippen LogP contribution is -2.46. The second-order valence-corrected chi connectivity index (χ2v) is 5.43. The minimum atomic E-state index is 0.823. The number of benzene rings is 3. The van der Waals surface area contributed by atoms with E-state index in [1.54, 1.807) is 0 Å². The van der Waals surface area contributed by atoms with Gasteiger partial charge in [-0.25, -0.2) is 5.01 Å². The molecule has 4 heteroatoms. The number of hydrogen-bond donors (Lipinski definition) is 1. The first-order valence-corrected chi connectivity index (χ1v) is 7.82. The molecule has 1 heterocycles. The molecule has 4 nitrogen and oxygen atoms in total. The highest BCUT2D eigenvalue weighted by atomic mass is 15.9. The lowest BCUT2D eigenvalue weighted by atomic mass is 10.1. The molecule has 0 aromatic heterocycles. The largest absolute Gasteiger partial charge is 0.246 e. The molecule has 3 aromatic carbocycles. The van der Waals surface area contributed by atoms with Gasteiger partial charge in [0.05, 0.1) is 5.69 Å². The summed E-state index contributed by atoms with van der Waals surface area (Å²) in [6, 6.07) is 25.0. The van der Waals surface area contributed by atoms with Crippen LogP contribution >= 0.6 is 0 Å². The average Bonchev–Trinajstić information content (AvgIpc) is 3.05. The van der Waals surface area contributed by atoms with Gasteiger partial charge in [0.15, 0.2) is 5.84 Å². The Morgan fingerprint density at radius 2 is 1.61 bits per heavy atom. The smallest absolute Gasteiger partial charge is 0.178 e. The third-order valence-electron chi connectivity index (χ3n) is 4.06. The topological polar surface area (TPSA) is 30.9 Å². The first-order valence-electron chi connectivity index (χ1n) is 7.82. The normalized spacial score (nSPS) is 14.0. The molecule has 1 N–H and O–H groups in total. The van der Waals surface area contributed by atoms with Crippen LogP contribution in [0.4, 0.5) is 5.69 Å². The lowest BCUT2D eigenvalue weighted by Gasteiger charge is -2.30. The Hall–Kier alpha value is -3.01. The van der Waals surface area contributed by atoms with E-state index in [1.165, 1.54) is 10.8 Å². The monoisotopic (exact) mass is 302 g/mol. The molecule has 0 amide bonds. The summed E-state index contributed by atoms with van der Waals surface area (Å²) in [5.41, 5.74) is 5.36. The van der Waals surface area contributed by atoms with Gasteiger partial charge in [-0.05, 0) is 18.4 Å². The molecule has 0 atom stereocenters. The Kier molecular flexibility index (Phi) is 3.35. The zero-order valence-electron chi connectivity index (χ0n) is 13.0. The van der Waals surface area contributed by atoms with E-state index in [1.807, 2.05) is 23.3 Å². The summed E-state index contributed by atoms with van der Waals surface area (Å²) >= 11 is 0. The lowest BCUT2D eigenvalue weighted by molar-refractivity contribution is 0.396. The van der Waals surface area contributed by atoms with Crippen molar-refractivity contribution in [1.29, 1.82) is 0 Å². The van der Waals surface area contributed by atoms with Crippen LogP contribution < -0.4 is 10.7 Å². The fourth-order valence-corrected chi connectivity index (χ4v) is 2.97. The van der Waals surface area contributed by atoms with Gasteiger partial charge < -0.3 is 0 Å². The Morgan fingerprint density at radius 3 is 2.43 bits per heavy atom. The number of hydrazone groups is 1. The van der Waals surface area contributed by atoms with Gasteiger partial charge in [-0.2, -0.15) is 10.7 Å². The summed E-state index contributed by atoms with van der Waals surface area (Å²) in [6.07, 6.45) is 0. The first-order chi connectivity index (χ1) is 11.4. The number of fused-ring (bicyclic) bond motifs is 1. The maximum absolute atomic E-state index is 4.54. The van der Waals surface area contributed by atoms with Crippen LogP contribution in [-0.4, -0.2) is 17.4 Å². The fourth-order valence-electron chi connectivity index (χ4n) is 2.97. The van der Waals surface area contributed by atoms with Crippen LogP contribution in [0.2, 0.25) is 0 Å². The van der Waals surface area contributed by atoms with Crippen molar-refractivity contribution in [2.24, 2.45) is 5.10 Å². The molecule has 0 unspecified atom stereocenters. The summed E-state index contributed by atoms with van der Waals surface area (Å²) < 4.78 is 0. The van der Waals surface area contributed by atoms with Gasteiger partial charge in [0, 0.05) is 17.5 Å². The molecule has 0 aliphatic carbocycles. The molecule has 0 saturated heterocycles. The van der Waals surface area contributed by atoms with E-state index in [0.717, 1.165) is 23.6 Å². The molecular weight excluding hydrogens is 284 g/mol. The molecule has 1 aliphatic heterocycles. The SMILES string of the molecule is CCN1C(c2ccccc2)=NNN1c1cccc2ccccc12. The second-order valence-electron chi connectivity index (χ2n) is 5.43. The van der Waals surface area contributed by atoms with E-state index in [9.17, 15) is 0 Å². The van der Waals surface area contributed by atoms with Crippen LogP contribution in [0.3, 0.4) is 0 Å². The number of nitrogens with one attached hydrogen (secondary N) is 1. The summed E-state index contributed by atoms with van der Waals surface area (Å²) in [6.45, 7) is 2.95. The zero-order valence-corrected chi connectivity index (χ0v) is 13.0. The van der Waals surface area contributed by atoms with Crippen molar-refractivity contribution in [3.05, 3.63) is 78.4 Å². The van der Waals surface area contributed by atoms with Crippen molar-refractivity contribution in [2.75, 3.05) is 11.7 Å². The predicted molar refractivity (Wildman–Crippen MR) is 94.9 cm³/mol. The zero-order chi connectivity index (χ0) is 15.6. The van der Waals surface area contributed by atoms with Crippen molar-refractivity contribution < 1.29 is 0 Å². The maximum Gasteiger partial charge on any atom is 0.178 e. The predicted octanol–water partition coefficient (Wildman–Crippen LogP) is 3.76. The van der Waals surface area contributed by atoms with Crippen molar-refractivity contribution in [3.8, 4) is 0 Å². The molecule has 114 valence electrons. The van der Waals surface area contributed by atoms with E-state index in [0.29, 0.717) is 0 Å². The van der Waals surface area contributed by atoms with E-state index in [4.69, 9.17) is 0 Å². The summed E-state index contributed by atoms with van der Waals surface area (Å²) in [7, 11) is 0. The number of hydrogen-bond acceptors (Lipinski definition) is 4. The third-order valence-corrected chi connectivity index (χ3v) is 4.06. The summed E-state index contributed by atoms with van der Waals surface area (Å²) in [4.78, 5) is 0. The van der Waals surface area contributed by atoms with Crippen molar-refractivity contribution in [3.63, 3.8) is 0 Å². The van der Waals surface area contributed by atoms with Gasteiger partial charge in [0.2, 0.25) is 0 Å². The van der Waals surface area contributed by atoms with Crippen LogP contribution in [0.15, 0.2) is 77.9 Å². The highest BCUT2D eigenvalue weighted by Crippen LogP contribution is 2.29. The molecule has 3 aromatic rings. The molecule has 0 bridgehead atoms. The number of anilines is 1. The van der Waals surface area contributed by atoms with Crippen LogP contribution in [0, 0.1) is 0 Å². The van der Waals surface area contributed by atoms with Gasteiger partial charge in [0.25, 0.3) is 0 Å². The molecular formula is C19H18N4. The average molecular weight is 302 g/mol. The van der Waals surface area contributed by atoms with Crippen molar-refractivity contribution in [2.45, 2.75) is 6.92 Å². The second kappa shape index (κ2) is 5.65. The van der Waals surface area contributed by atoms with Crippen LogP contribution in [0.5, 0.6) is 0 Å². The minimum absolute atomic E-state index is 0.823. The maximum atomic E-state index is 4.54. The number of amidine groups is 1. The van der Waals surface area contributed by atoms with E-state index in [-0.39, 0.29) is 0 Å². The summed E-state index contributed by atoms with van der Waals surface area (Å²) in [5, 5.41) is 11.1. The molecule has 23 heavy (non-hydrogen) atoms.